The van der Waals surface area contributed by atoms with Crippen LogP contribution in [0.15, 0.2) is 18.2 Å². The minimum Gasteiger partial charge on any atom is -0.369 e. The van der Waals surface area contributed by atoms with Crippen LogP contribution in [0.1, 0.15) is 20.8 Å². The highest BCUT2D eigenvalue weighted by Gasteiger charge is 2.60. The molecule has 1 nitrogen and oxygen atoms in total. The van der Waals surface area contributed by atoms with E-state index in [0.717, 1.165) is 30.8 Å². The molecule has 1 aliphatic carbocycles. The van der Waals surface area contributed by atoms with Crippen molar-refractivity contribution in [1.29, 1.82) is 0 Å². The van der Waals surface area contributed by atoms with Crippen molar-refractivity contribution < 1.29 is 4.39 Å². The Morgan fingerprint density at radius 2 is 1.83 bits per heavy atom. The number of nitrogens with zero attached hydrogens (tertiary/aromatic N) is 1. The third-order valence-corrected chi connectivity index (χ3v) is 4.76. The summed E-state index contributed by atoms with van der Waals surface area (Å²) in [5.41, 5.74) is 1.05. The molecule has 98 valence electrons. The van der Waals surface area contributed by atoms with Gasteiger partial charge in [-0.2, -0.15) is 0 Å². The average molecular weight is 268 g/mol. The van der Waals surface area contributed by atoms with Gasteiger partial charge in [-0.25, -0.2) is 4.39 Å². The van der Waals surface area contributed by atoms with E-state index < -0.39 is 0 Å². The summed E-state index contributed by atoms with van der Waals surface area (Å²) in [5.74, 6) is 2.01. The molecule has 0 radical (unpaired) electrons. The molecule has 0 amide bonds. The van der Waals surface area contributed by atoms with E-state index >= 15 is 0 Å². The van der Waals surface area contributed by atoms with Crippen molar-refractivity contribution >= 4 is 17.3 Å². The molecule has 0 bridgehead atoms. The average Bonchev–Trinajstić information content (AvgIpc) is 2.81. The third kappa shape index (κ3) is 1.82. The van der Waals surface area contributed by atoms with Crippen LogP contribution in [0, 0.1) is 29.0 Å². The Morgan fingerprint density at radius 1 is 1.22 bits per heavy atom. The molecule has 0 spiro atoms. The quantitative estimate of drug-likeness (QED) is 0.737. The molecule has 1 saturated heterocycles. The number of hydrogen-bond donors (Lipinski definition) is 0. The number of halogens is 2. The highest BCUT2D eigenvalue weighted by Crippen LogP contribution is 2.60. The van der Waals surface area contributed by atoms with Gasteiger partial charge in [-0.1, -0.05) is 38.4 Å². The normalized spacial score (nSPS) is 30.5. The molecule has 1 aromatic carbocycles. The maximum Gasteiger partial charge on any atom is 0.165 e. The number of benzene rings is 1. The van der Waals surface area contributed by atoms with E-state index in [4.69, 9.17) is 11.6 Å². The fourth-order valence-corrected chi connectivity index (χ4v) is 3.91. The zero-order chi connectivity index (χ0) is 13.1. The van der Waals surface area contributed by atoms with E-state index in [0.29, 0.717) is 11.1 Å². The number of hydrogen-bond acceptors (Lipinski definition) is 1. The number of fused-ring (bicyclic) bond motifs is 1. The fraction of sp³-hybridized carbons (Fsp3) is 0.600. The monoisotopic (exact) mass is 267 g/mol. The maximum absolute atomic E-state index is 14.0. The lowest BCUT2D eigenvalue weighted by atomic mass is 9.87. The Balaban J connectivity index is 1.75. The first-order valence-corrected chi connectivity index (χ1v) is 6.96. The fourth-order valence-electron chi connectivity index (χ4n) is 3.74. The van der Waals surface area contributed by atoms with Gasteiger partial charge in [0, 0.05) is 13.1 Å². The van der Waals surface area contributed by atoms with E-state index in [2.05, 4.69) is 25.7 Å². The topological polar surface area (TPSA) is 3.24 Å². The summed E-state index contributed by atoms with van der Waals surface area (Å²) in [6, 6.07) is 5.26. The van der Waals surface area contributed by atoms with Crippen molar-refractivity contribution in [1.82, 2.24) is 0 Å². The van der Waals surface area contributed by atoms with Gasteiger partial charge in [-0.05, 0) is 35.3 Å². The van der Waals surface area contributed by atoms with Gasteiger partial charge in [-0.15, -0.1) is 0 Å². The van der Waals surface area contributed by atoms with Gasteiger partial charge in [0.2, 0.25) is 0 Å². The molecule has 18 heavy (non-hydrogen) atoms. The van der Waals surface area contributed by atoms with Crippen molar-refractivity contribution in [3.05, 3.63) is 29.0 Å². The largest absolute Gasteiger partial charge is 0.369 e. The minimum absolute atomic E-state index is 0.223. The first kappa shape index (κ1) is 12.3. The van der Waals surface area contributed by atoms with Crippen LogP contribution in [0.2, 0.25) is 5.02 Å². The molecule has 3 rings (SSSR count). The summed E-state index contributed by atoms with van der Waals surface area (Å²) in [6.07, 6.45) is 0. The molecule has 2 unspecified atom stereocenters. The standard InChI is InChI=1S/C15H19ClFN/c1-15(2,3)13-9-7-18(8-10(9)13)12-6-4-5-11(16)14(12)17/h4-6,9-10,13H,7-8H2,1-3H3. The second kappa shape index (κ2) is 3.86. The van der Waals surface area contributed by atoms with Crippen LogP contribution in [-0.2, 0) is 0 Å². The molecule has 1 aromatic rings. The van der Waals surface area contributed by atoms with E-state index in [1.807, 2.05) is 12.1 Å². The predicted molar refractivity (Wildman–Crippen MR) is 73.5 cm³/mol. The lowest BCUT2D eigenvalue weighted by molar-refractivity contribution is 0.309. The van der Waals surface area contributed by atoms with E-state index in [9.17, 15) is 4.39 Å². The van der Waals surface area contributed by atoms with Crippen LogP contribution in [-0.4, -0.2) is 13.1 Å². The first-order valence-electron chi connectivity index (χ1n) is 6.58. The Morgan fingerprint density at radius 3 is 2.39 bits per heavy atom. The van der Waals surface area contributed by atoms with Crippen LogP contribution in [0.25, 0.3) is 0 Å². The molecule has 1 heterocycles. The van der Waals surface area contributed by atoms with Crippen molar-refractivity contribution in [2.24, 2.45) is 23.2 Å². The summed E-state index contributed by atoms with van der Waals surface area (Å²) >= 11 is 5.84. The highest BCUT2D eigenvalue weighted by atomic mass is 35.5. The van der Waals surface area contributed by atoms with Crippen LogP contribution >= 0.6 is 11.6 Å². The number of piperidine rings is 1. The molecule has 1 saturated carbocycles. The van der Waals surface area contributed by atoms with E-state index in [1.54, 1.807) is 6.07 Å². The Bertz CT molecular complexity index is 468. The van der Waals surface area contributed by atoms with Gasteiger partial charge >= 0.3 is 0 Å². The number of anilines is 1. The van der Waals surface area contributed by atoms with E-state index in [1.165, 1.54) is 0 Å². The molecule has 3 heteroatoms. The minimum atomic E-state index is -0.271. The lowest BCUT2D eigenvalue weighted by Gasteiger charge is -2.27. The van der Waals surface area contributed by atoms with Gasteiger partial charge in [0.15, 0.2) is 5.82 Å². The smallest absolute Gasteiger partial charge is 0.165 e. The zero-order valence-electron chi connectivity index (χ0n) is 11.1. The molecule has 1 aliphatic heterocycles. The zero-order valence-corrected chi connectivity index (χ0v) is 11.8. The van der Waals surface area contributed by atoms with Crippen molar-refractivity contribution in [3.8, 4) is 0 Å². The molecular weight excluding hydrogens is 249 g/mol. The molecule has 0 aromatic heterocycles. The molecule has 2 atom stereocenters. The van der Waals surface area contributed by atoms with Gasteiger partial charge in [0.25, 0.3) is 0 Å². The second-order valence-corrected chi connectivity index (χ2v) is 7.10. The van der Waals surface area contributed by atoms with Crippen molar-refractivity contribution in [2.75, 3.05) is 18.0 Å². The van der Waals surface area contributed by atoms with Gasteiger partial charge in [0.05, 0.1) is 10.7 Å². The Hall–Kier alpha value is -0.760. The van der Waals surface area contributed by atoms with Crippen LogP contribution in [0.4, 0.5) is 10.1 Å². The van der Waals surface area contributed by atoms with Crippen LogP contribution in [0.3, 0.4) is 0 Å². The summed E-state index contributed by atoms with van der Waals surface area (Å²) in [7, 11) is 0. The molecule has 2 fully saturated rings. The molecule has 2 aliphatic rings. The predicted octanol–water partition coefficient (Wildman–Crippen LogP) is 4.21. The summed E-state index contributed by atoms with van der Waals surface area (Å²) < 4.78 is 14.0. The van der Waals surface area contributed by atoms with Crippen LogP contribution < -0.4 is 4.90 Å². The summed E-state index contributed by atoms with van der Waals surface area (Å²) in [4.78, 5) is 2.15. The highest BCUT2D eigenvalue weighted by molar-refractivity contribution is 6.31. The van der Waals surface area contributed by atoms with Crippen molar-refractivity contribution in [2.45, 2.75) is 20.8 Å². The molecular formula is C15H19ClFN. The van der Waals surface area contributed by atoms with Crippen LogP contribution in [0.5, 0.6) is 0 Å². The third-order valence-electron chi connectivity index (χ3n) is 4.47. The summed E-state index contributed by atoms with van der Waals surface area (Å²) in [5, 5.41) is 0.223. The second-order valence-electron chi connectivity index (χ2n) is 6.70. The lowest BCUT2D eigenvalue weighted by Crippen LogP contribution is -2.28. The van der Waals surface area contributed by atoms with Gasteiger partial charge in [0.1, 0.15) is 0 Å². The Labute approximate surface area is 113 Å². The van der Waals surface area contributed by atoms with Gasteiger partial charge in [-0.3, -0.25) is 0 Å². The number of rotatable bonds is 1. The molecule has 0 N–H and O–H groups in total. The SMILES string of the molecule is CC(C)(C)C1C2CN(c3cccc(Cl)c3F)CC21. The maximum atomic E-state index is 14.0. The van der Waals surface area contributed by atoms with Crippen molar-refractivity contribution in [3.63, 3.8) is 0 Å². The summed E-state index contributed by atoms with van der Waals surface area (Å²) in [6.45, 7) is 8.87. The van der Waals surface area contributed by atoms with Gasteiger partial charge < -0.3 is 4.90 Å². The Kier molecular flexibility index (Phi) is 2.64. The van der Waals surface area contributed by atoms with E-state index in [-0.39, 0.29) is 10.8 Å². The first-order chi connectivity index (χ1) is 8.39.